The number of H-pyrrole nitrogens is 1. The Labute approximate surface area is 154 Å². The maximum absolute atomic E-state index is 4.60. The van der Waals surface area contributed by atoms with Gasteiger partial charge in [0.05, 0.1) is 5.69 Å². The first-order chi connectivity index (χ1) is 12.3. The van der Waals surface area contributed by atoms with Crippen molar-refractivity contribution in [2.45, 2.75) is 10.9 Å². The summed E-state index contributed by atoms with van der Waals surface area (Å²) in [6.07, 6.45) is 4.01. The molecule has 1 aromatic carbocycles. The first-order valence-electron chi connectivity index (χ1n) is 7.63. The number of para-hydroxylation sites is 1. The second kappa shape index (κ2) is 5.82. The zero-order chi connectivity index (χ0) is 16.8. The minimum Gasteiger partial charge on any atom is -0.338 e. The first kappa shape index (κ1) is 14.9. The molecule has 8 heteroatoms. The third-order valence-electron chi connectivity index (χ3n) is 3.92. The molecule has 0 radical (unpaired) electrons. The standard InChI is InChI=1S/C17H11BrN6S/c18-10-5-6-14-19-11(8-24(14)7-10)9-25-17-21-16-15(22-23-17)12-3-1-2-4-13(12)20-16/h1-8H,9H2,(H,20,21,23). The molecular weight excluding hydrogens is 400 g/mol. The molecule has 0 bridgehead atoms. The molecule has 0 atom stereocenters. The number of aromatic amines is 1. The smallest absolute Gasteiger partial charge is 0.211 e. The molecule has 1 N–H and O–H groups in total. The largest absolute Gasteiger partial charge is 0.338 e. The number of hydrogen-bond acceptors (Lipinski definition) is 5. The summed E-state index contributed by atoms with van der Waals surface area (Å²) in [5.41, 5.74) is 4.48. The zero-order valence-electron chi connectivity index (χ0n) is 12.8. The van der Waals surface area contributed by atoms with Crippen molar-refractivity contribution in [3.05, 3.63) is 59.0 Å². The Morgan fingerprint density at radius 1 is 1.04 bits per heavy atom. The fraction of sp³-hybridized carbons (Fsp3) is 0.0588. The van der Waals surface area contributed by atoms with Crippen LogP contribution in [-0.2, 0) is 5.75 Å². The van der Waals surface area contributed by atoms with Crippen LogP contribution >= 0.6 is 27.7 Å². The van der Waals surface area contributed by atoms with E-state index in [4.69, 9.17) is 0 Å². The first-order valence-corrected chi connectivity index (χ1v) is 9.41. The number of hydrogen-bond donors (Lipinski definition) is 1. The van der Waals surface area contributed by atoms with Gasteiger partial charge in [0.15, 0.2) is 5.65 Å². The van der Waals surface area contributed by atoms with Crippen LogP contribution in [0.4, 0.5) is 0 Å². The molecule has 0 unspecified atom stereocenters. The van der Waals surface area contributed by atoms with Gasteiger partial charge in [-0.3, -0.25) is 0 Å². The van der Waals surface area contributed by atoms with E-state index in [1.807, 2.05) is 53.2 Å². The number of imidazole rings is 1. The van der Waals surface area contributed by atoms with E-state index < -0.39 is 0 Å². The Balaban J connectivity index is 1.43. The molecule has 0 spiro atoms. The lowest BCUT2D eigenvalue weighted by atomic mass is 10.2. The van der Waals surface area contributed by atoms with Gasteiger partial charge in [-0.15, -0.1) is 10.2 Å². The van der Waals surface area contributed by atoms with Crippen molar-refractivity contribution in [3.8, 4) is 0 Å². The van der Waals surface area contributed by atoms with E-state index in [0.29, 0.717) is 10.9 Å². The van der Waals surface area contributed by atoms with Crippen molar-refractivity contribution in [3.63, 3.8) is 0 Å². The van der Waals surface area contributed by atoms with Gasteiger partial charge in [-0.05, 0) is 34.1 Å². The van der Waals surface area contributed by atoms with Crippen LogP contribution in [0, 0.1) is 0 Å². The van der Waals surface area contributed by atoms with E-state index in [2.05, 4.69) is 41.1 Å². The van der Waals surface area contributed by atoms with Gasteiger partial charge < -0.3 is 9.38 Å². The summed E-state index contributed by atoms with van der Waals surface area (Å²) in [4.78, 5) is 12.5. The molecule has 4 heterocycles. The predicted octanol–water partition coefficient (Wildman–Crippen LogP) is 4.21. The minimum atomic E-state index is 0.636. The van der Waals surface area contributed by atoms with Gasteiger partial charge in [0.2, 0.25) is 5.16 Å². The highest BCUT2D eigenvalue weighted by atomic mass is 79.9. The molecule has 122 valence electrons. The van der Waals surface area contributed by atoms with Crippen molar-refractivity contribution in [1.29, 1.82) is 0 Å². The number of nitrogens with zero attached hydrogens (tertiary/aromatic N) is 5. The summed E-state index contributed by atoms with van der Waals surface area (Å²) >= 11 is 4.99. The molecule has 0 aliphatic heterocycles. The maximum Gasteiger partial charge on any atom is 0.211 e. The number of rotatable bonds is 3. The summed E-state index contributed by atoms with van der Waals surface area (Å²) in [6.45, 7) is 0. The summed E-state index contributed by atoms with van der Waals surface area (Å²) in [5.74, 6) is 0.687. The van der Waals surface area contributed by atoms with Crippen LogP contribution < -0.4 is 0 Å². The third-order valence-corrected chi connectivity index (χ3v) is 5.26. The molecule has 0 saturated heterocycles. The van der Waals surface area contributed by atoms with Gasteiger partial charge in [0.1, 0.15) is 11.2 Å². The topological polar surface area (TPSA) is 71.8 Å². The van der Waals surface area contributed by atoms with Crippen LogP contribution in [0.2, 0.25) is 0 Å². The number of halogens is 1. The average molecular weight is 411 g/mol. The predicted molar refractivity (Wildman–Crippen MR) is 102 cm³/mol. The summed E-state index contributed by atoms with van der Waals surface area (Å²) < 4.78 is 3.02. The highest BCUT2D eigenvalue weighted by Crippen LogP contribution is 2.24. The maximum atomic E-state index is 4.60. The molecule has 0 saturated carbocycles. The third kappa shape index (κ3) is 2.67. The summed E-state index contributed by atoms with van der Waals surface area (Å²) in [5, 5.41) is 10.3. The highest BCUT2D eigenvalue weighted by Gasteiger charge is 2.10. The zero-order valence-corrected chi connectivity index (χ0v) is 15.3. The lowest BCUT2D eigenvalue weighted by Gasteiger charge is -1.96. The molecule has 5 aromatic rings. The molecule has 0 amide bonds. The van der Waals surface area contributed by atoms with Crippen molar-refractivity contribution < 1.29 is 0 Å². The normalized spacial score (nSPS) is 11.7. The summed E-state index contributed by atoms with van der Waals surface area (Å²) in [6, 6.07) is 12.0. The molecule has 4 aromatic heterocycles. The Morgan fingerprint density at radius 3 is 2.92 bits per heavy atom. The highest BCUT2D eigenvalue weighted by molar-refractivity contribution is 9.10. The Bertz CT molecular complexity index is 1230. The quantitative estimate of drug-likeness (QED) is 0.451. The van der Waals surface area contributed by atoms with E-state index in [9.17, 15) is 0 Å². The van der Waals surface area contributed by atoms with Crippen molar-refractivity contribution in [2.24, 2.45) is 0 Å². The number of thioether (sulfide) groups is 1. The minimum absolute atomic E-state index is 0.636. The number of nitrogens with one attached hydrogen (secondary N) is 1. The number of benzene rings is 1. The van der Waals surface area contributed by atoms with Crippen molar-refractivity contribution >= 4 is 55.4 Å². The average Bonchev–Trinajstić information content (AvgIpc) is 3.19. The van der Waals surface area contributed by atoms with Gasteiger partial charge in [0, 0.05) is 33.5 Å². The lowest BCUT2D eigenvalue weighted by Crippen LogP contribution is -1.92. The van der Waals surface area contributed by atoms with Gasteiger partial charge in [0.25, 0.3) is 0 Å². The van der Waals surface area contributed by atoms with Gasteiger partial charge in [-0.1, -0.05) is 30.0 Å². The number of aromatic nitrogens is 6. The fourth-order valence-corrected chi connectivity index (χ4v) is 3.82. The van der Waals surface area contributed by atoms with Crippen LogP contribution in [0.15, 0.2) is 58.4 Å². The number of fused-ring (bicyclic) bond motifs is 4. The van der Waals surface area contributed by atoms with Crippen molar-refractivity contribution in [1.82, 2.24) is 29.5 Å². The van der Waals surface area contributed by atoms with E-state index >= 15 is 0 Å². The molecule has 5 rings (SSSR count). The fourth-order valence-electron chi connectivity index (χ4n) is 2.79. The number of pyridine rings is 1. The molecule has 6 nitrogen and oxygen atoms in total. The second-order valence-corrected chi connectivity index (χ2v) is 7.45. The molecular formula is C17H11BrN6S. The lowest BCUT2D eigenvalue weighted by molar-refractivity contribution is 0.877. The van der Waals surface area contributed by atoms with Gasteiger partial charge in [-0.25, -0.2) is 9.97 Å². The molecule has 0 fully saturated rings. The second-order valence-electron chi connectivity index (χ2n) is 5.60. The van der Waals surface area contributed by atoms with Crippen LogP contribution in [-0.4, -0.2) is 29.5 Å². The molecule has 25 heavy (non-hydrogen) atoms. The van der Waals surface area contributed by atoms with Gasteiger partial charge >= 0.3 is 0 Å². The Morgan fingerprint density at radius 2 is 1.96 bits per heavy atom. The van der Waals surface area contributed by atoms with Crippen molar-refractivity contribution in [2.75, 3.05) is 0 Å². The van der Waals surface area contributed by atoms with Crippen LogP contribution in [0.3, 0.4) is 0 Å². The van der Waals surface area contributed by atoms with E-state index in [-0.39, 0.29) is 0 Å². The van der Waals surface area contributed by atoms with Crippen LogP contribution in [0.5, 0.6) is 0 Å². The monoisotopic (exact) mass is 410 g/mol. The molecule has 0 aliphatic carbocycles. The van der Waals surface area contributed by atoms with E-state index in [1.54, 1.807) is 0 Å². The van der Waals surface area contributed by atoms with E-state index in [0.717, 1.165) is 37.9 Å². The van der Waals surface area contributed by atoms with E-state index in [1.165, 1.54) is 11.8 Å². The van der Waals surface area contributed by atoms with Gasteiger partial charge in [-0.2, -0.15) is 0 Å². The Kier molecular flexibility index (Phi) is 3.46. The van der Waals surface area contributed by atoms with Crippen LogP contribution in [0.1, 0.15) is 5.69 Å². The van der Waals surface area contributed by atoms with Crippen LogP contribution in [0.25, 0.3) is 27.7 Å². The SMILES string of the molecule is Brc1ccc2nc(CSc3nnc4c(n3)[nH]c3ccccc34)cn2c1. The molecule has 0 aliphatic rings. The summed E-state index contributed by atoms with van der Waals surface area (Å²) in [7, 11) is 0. The Hall–Kier alpha value is -2.45.